The molecule has 92 valence electrons. The normalized spacial score (nSPS) is 21.7. The molecule has 0 aliphatic carbocycles. The quantitative estimate of drug-likeness (QED) is 0.607. The van der Waals surface area contributed by atoms with Gasteiger partial charge in [-0.05, 0) is 31.3 Å². The van der Waals surface area contributed by atoms with Crippen LogP contribution in [-0.2, 0) is 9.59 Å². The SMILES string of the molecule is CC(CNC(=O)CC1CCNC1)CC(=O)O. The van der Waals surface area contributed by atoms with Gasteiger partial charge in [-0.2, -0.15) is 0 Å². The lowest BCUT2D eigenvalue weighted by molar-refractivity contribution is -0.138. The Kier molecular flexibility index (Phi) is 5.25. The highest BCUT2D eigenvalue weighted by molar-refractivity contribution is 5.76. The number of carboxylic acid groups (broad SMARTS) is 1. The molecule has 0 aromatic rings. The Hall–Kier alpha value is -1.10. The second kappa shape index (κ2) is 6.48. The van der Waals surface area contributed by atoms with E-state index in [1.807, 2.05) is 6.92 Å². The van der Waals surface area contributed by atoms with Gasteiger partial charge in [-0.3, -0.25) is 9.59 Å². The van der Waals surface area contributed by atoms with Gasteiger partial charge in [0.05, 0.1) is 0 Å². The molecule has 2 atom stereocenters. The van der Waals surface area contributed by atoms with Crippen molar-refractivity contribution in [1.82, 2.24) is 10.6 Å². The van der Waals surface area contributed by atoms with E-state index < -0.39 is 5.97 Å². The molecule has 0 aromatic carbocycles. The van der Waals surface area contributed by atoms with Crippen molar-refractivity contribution in [3.05, 3.63) is 0 Å². The number of hydrogen-bond donors (Lipinski definition) is 3. The molecule has 1 aliphatic rings. The molecule has 5 nitrogen and oxygen atoms in total. The first-order valence-electron chi connectivity index (χ1n) is 5.77. The van der Waals surface area contributed by atoms with E-state index in [0.717, 1.165) is 19.5 Å². The van der Waals surface area contributed by atoms with Gasteiger partial charge in [-0.25, -0.2) is 0 Å². The van der Waals surface area contributed by atoms with E-state index in [4.69, 9.17) is 5.11 Å². The van der Waals surface area contributed by atoms with Crippen LogP contribution in [0.5, 0.6) is 0 Å². The molecule has 0 aromatic heterocycles. The van der Waals surface area contributed by atoms with Crippen LogP contribution >= 0.6 is 0 Å². The van der Waals surface area contributed by atoms with E-state index in [2.05, 4.69) is 10.6 Å². The van der Waals surface area contributed by atoms with E-state index in [1.54, 1.807) is 0 Å². The number of carboxylic acids is 1. The maximum atomic E-state index is 11.5. The molecular formula is C11H20N2O3. The third-order valence-corrected chi connectivity index (χ3v) is 2.81. The molecule has 2 unspecified atom stereocenters. The lowest BCUT2D eigenvalue weighted by Crippen LogP contribution is -2.30. The summed E-state index contributed by atoms with van der Waals surface area (Å²) in [5.74, 6) is -0.356. The highest BCUT2D eigenvalue weighted by atomic mass is 16.4. The van der Waals surface area contributed by atoms with Gasteiger partial charge in [0.1, 0.15) is 0 Å². The number of amides is 1. The molecule has 0 saturated carbocycles. The Morgan fingerprint density at radius 1 is 1.56 bits per heavy atom. The predicted octanol–water partition coefficient (Wildman–Crippen LogP) is 0.213. The summed E-state index contributed by atoms with van der Waals surface area (Å²) in [6, 6.07) is 0. The van der Waals surface area contributed by atoms with Gasteiger partial charge in [0.25, 0.3) is 0 Å². The van der Waals surface area contributed by atoms with Crippen molar-refractivity contribution in [2.24, 2.45) is 11.8 Å². The number of nitrogens with one attached hydrogen (secondary N) is 2. The first-order chi connectivity index (χ1) is 7.58. The van der Waals surface area contributed by atoms with Gasteiger partial charge < -0.3 is 15.7 Å². The molecule has 3 N–H and O–H groups in total. The summed E-state index contributed by atoms with van der Waals surface area (Å²) in [5.41, 5.74) is 0. The molecule has 16 heavy (non-hydrogen) atoms. The smallest absolute Gasteiger partial charge is 0.303 e. The average molecular weight is 228 g/mol. The van der Waals surface area contributed by atoms with Gasteiger partial charge in [-0.15, -0.1) is 0 Å². The van der Waals surface area contributed by atoms with E-state index in [9.17, 15) is 9.59 Å². The van der Waals surface area contributed by atoms with Crippen LogP contribution < -0.4 is 10.6 Å². The standard InChI is InChI=1S/C11H20N2O3/c1-8(4-11(15)16)6-13-10(14)5-9-2-3-12-7-9/h8-9,12H,2-7H2,1H3,(H,13,14)(H,15,16). The van der Waals surface area contributed by atoms with Crippen molar-refractivity contribution in [2.75, 3.05) is 19.6 Å². The highest BCUT2D eigenvalue weighted by Crippen LogP contribution is 2.11. The van der Waals surface area contributed by atoms with Crippen molar-refractivity contribution in [3.63, 3.8) is 0 Å². The molecule has 1 amide bonds. The van der Waals surface area contributed by atoms with Crippen molar-refractivity contribution < 1.29 is 14.7 Å². The molecule has 5 heteroatoms. The molecule has 0 radical (unpaired) electrons. The third kappa shape index (κ3) is 5.11. The highest BCUT2D eigenvalue weighted by Gasteiger charge is 2.18. The van der Waals surface area contributed by atoms with Crippen LogP contribution in [0.4, 0.5) is 0 Å². The van der Waals surface area contributed by atoms with Crippen LogP contribution in [0, 0.1) is 11.8 Å². The van der Waals surface area contributed by atoms with Gasteiger partial charge in [0, 0.05) is 19.4 Å². The zero-order valence-electron chi connectivity index (χ0n) is 9.66. The minimum atomic E-state index is -0.818. The van der Waals surface area contributed by atoms with Crippen molar-refractivity contribution >= 4 is 11.9 Å². The minimum absolute atomic E-state index is 0.0110. The molecule has 0 bridgehead atoms. The third-order valence-electron chi connectivity index (χ3n) is 2.81. The minimum Gasteiger partial charge on any atom is -0.481 e. The van der Waals surface area contributed by atoms with Crippen LogP contribution in [0.15, 0.2) is 0 Å². The second-order valence-corrected chi connectivity index (χ2v) is 4.57. The number of carbonyl (C=O) groups excluding carboxylic acids is 1. The molecule has 1 rings (SSSR count). The average Bonchev–Trinajstić information content (AvgIpc) is 2.66. The van der Waals surface area contributed by atoms with Gasteiger partial charge >= 0.3 is 5.97 Å². The largest absolute Gasteiger partial charge is 0.481 e. The fourth-order valence-corrected chi connectivity index (χ4v) is 1.88. The second-order valence-electron chi connectivity index (χ2n) is 4.57. The summed E-state index contributed by atoms with van der Waals surface area (Å²) >= 11 is 0. The number of hydrogen-bond acceptors (Lipinski definition) is 3. The lowest BCUT2D eigenvalue weighted by atomic mass is 10.0. The number of rotatable bonds is 6. The zero-order valence-corrected chi connectivity index (χ0v) is 9.66. The maximum absolute atomic E-state index is 11.5. The van der Waals surface area contributed by atoms with Crippen molar-refractivity contribution in [3.8, 4) is 0 Å². The molecule has 0 spiro atoms. The van der Waals surface area contributed by atoms with Gasteiger partial charge in [0.15, 0.2) is 0 Å². The van der Waals surface area contributed by atoms with Crippen LogP contribution in [0.25, 0.3) is 0 Å². The number of carbonyl (C=O) groups is 2. The fraction of sp³-hybridized carbons (Fsp3) is 0.818. The first kappa shape index (κ1) is 13.0. The topological polar surface area (TPSA) is 78.4 Å². The van der Waals surface area contributed by atoms with Crippen LogP contribution in [0.2, 0.25) is 0 Å². The Labute approximate surface area is 95.6 Å². The molecule has 1 aliphatic heterocycles. The maximum Gasteiger partial charge on any atom is 0.303 e. The van der Waals surface area contributed by atoms with Crippen LogP contribution in [0.3, 0.4) is 0 Å². The molecular weight excluding hydrogens is 208 g/mol. The van der Waals surface area contributed by atoms with Crippen LogP contribution in [-0.4, -0.2) is 36.6 Å². The van der Waals surface area contributed by atoms with Gasteiger partial charge in [0.2, 0.25) is 5.91 Å². The first-order valence-corrected chi connectivity index (χ1v) is 5.77. The Morgan fingerprint density at radius 3 is 2.88 bits per heavy atom. The van der Waals surface area contributed by atoms with Crippen molar-refractivity contribution in [1.29, 1.82) is 0 Å². The summed E-state index contributed by atoms with van der Waals surface area (Å²) in [6.07, 6.45) is 1.70. The lowest BCUT2D eigenvalue weighted by Gasteiger charge is -2.12. The van der Waals surface area contributed by atoms with E-state index >= 15 is 0 Å². The Morgan fingerprint density at radius 2 is 2.31 bits per heavy atom. The van der Waals surface area contributed by atoms with Crippen molar-refractivity contribution in [2.45, 2.75) is 26.2 Å². The Bertz CT molecular complexity index is 250. The van der Waals surface area contributed by atoms with Gasteiger partial charge in [-0.1, -0.05) is 6.92 Å². The molecule has 1 heterocycles. The molecule has 1 saturated heterocycles. The van der Waals surface area contributed by atoms with Crippen LogP contribution in [0.1, 0.15) is 26.2 Å². The zero-order chi connectivity index (χ0) is 12.0. The molecule has 1 fully saturated rings. The summed E-state index contributed by atoms with van der Waals surface area (Å²) < 4.78 is 0. The van der Waals surface area contributed by atoms with E-state index in [-0.39, 0.29) is 18.2 Å². The van der Waals surface area contributed by atoms with E-state index in [1.165, 1.54) is 0 Å². The fourth-order valence-electron chi connectivity index (χ4n) is 1.88. The number of aliphatic carboxylic acids is 1. The monoisotopic (exact) mass is 228 g/mol. The summed E-state index contributed by atoms with van der Waals surface area (Å²) in [5, 5.41) is 14.6. The summed E-state index contributed by atoms with van der Waals surface area (Å²) in [6.45, 7) is 4.18. The summed E-state index contributed by atoms with van der Waals surface area (Å²) in [4.78, 5) is 21.9. The van der Waals surface area contributed by atoms with E-state index in [0.29, 0.717) is 18.9 Å². The summed E-state index contributed by atoms with van der Waals surface area (Å²) in [7, 11) is 0. The Balaban J connectivity index is 2.11. The predicted molar refractivity (Wildman–Crippen MR) is 60.0 cm³/mol.